The quantitative estimate of drug-likeness (QED) is 0.869. The number of hydrogen-bond acceptors (Lipinski definition) is 4. The lowest BCUT2D eigenvalue weighted by molar-refractivity contribution is 0.0501. The van der Waals surface area contributed by atoms with Crippen LogP contribution in [0.25, 0.3) is 0 Å². The molecule has 1 fully saturated rings. The molecule has 1 aromatic carbocycles. The molecule has 1 atom stereocenters. The summed E-state index contributed by atoms with van der Waals surface area (Å²) in [7, 11) is 3.86. The maximum Gasteiger partial charge on any atom is 0.253 e. The first kappa shape index (κ1) is 16.9. The number of aryl methyl sites for hydroxylation is 1. The fraction of sp³-hybridized carbons (Fsp3) is 0.588. The van der Waals surface area contributed by atoms with Crippen molar-refractivity contribution in [3.8, 4) is 0 Å². The Kier molecular flexibility index (Phi) is 5.94. The van der Waals surface area contributed by atoms with Crippen LogP contribution in [0.2, 0.25) is 0 Å². The Morgan fingerprint density at radius 1 is 1.23 bits per heavy atom. The number of hydrogen-bond donors (Lipinski definition) is 1. The number of aliphatic hydroxyl groups excluding tert-OH is 1. The first-order valence-corrected chi connectivity index (χ1v) is 7.87. The fourth-order valence-corrected chi connectivity index (χ4v) is 2.70. The van der Waals surface area contributed by atoms with Gasteiger partial charge in [0.1, 0.15) is 0 Å². The molecule has 1 heterocycles. The van der Waals surface area contributed by atoms with Crippen LogP contribution in [0.4, 0.5) is 0 Å². The zero-order valence-corrected chi connectivity index (χ0v) is 13.8. The maximum absolute atomic E-state index is 12.3. The van der Waals surface area contributed by atoms with Gasteiger partial charge in [-0.3, -0.25) is 9.69 Å². The number of carbonyl (C=O) groups is 1. The number of aliphatic hydroxyl groups is 1. The van der Waals surface area contributed by atoms with Crippen molar-refractivity contribution in [1.82, 2.24) is 14.7 Å². The molecule has 0 radical (unpaired) electrons. The summed E-state index contributed by atoms with van der Waals surface area (Å²) in [4.78, 5) is 18.5. The van der Waals surface area contributed by atoms with E-state index in [2.05, 4.69) is 16.8 Å². The molecule has 1 amide bonds. The van der Waals surface area contributed by atoms with E-state index >= 15 is 0 Å². The second kappa shape index (κ2) is 7.72. The van der Waals surface area contributed by atoms with Crippen molar-refractivity contribution in [2.24, 2.45) is 0 Å². The molecular formula is C17H27N3O2. The third-order valence-corrected chi connectivity index (χ3v) is 4.19. The van der Waals surface area contributed by atoms with E-state index in [1.807, 2.05) is 31.2 Å². The summed E-state index contributed by atoms with van der Waals surface area (Å²) in [6.07, 6.45) is -0.511. The molecule has 122 valence electrons. The Bertz CT molecular complexity index is 481. The van der Waals surface area contributed by atoms with Gasteiger partial charge in [-0.2, -0.15) is 0 Å². The van der Waals surface area contributed by atoms with Crippen LogP contribution < -0.4 is 0 Å². The van der Waals surface area contributed by atoms with Crippen molar-refractivity contribution in [2.75, 3.05) is 53.4 Å². The van der Waals surface area contributed by atoms with Gasteiger partial charge >= 0.3 is 0 Å². The molecule has 1 N–H and O–H groups in total. The second-order valence-electron chi connectivity index (χ2n) is 6.31. The molecule has 1 aliphatic heterocycles. The third-order valence-electron chi connectivity index (χ3n) is 4.19. The van der Waals surface area contributed by atoms with Crippen LogP contribution in [0.1, 0.15) is 15.9 Å². The third kappa shape index (κ3) is 4.80. The van der Waals surface area contributed by atoms with Crippen LogP contribution in [0.5, 0.6) is 0 Å². The van der Waals surface area contributed by atoms with E-state index in [-0.39, 0.29) is 5.91 Å². The minimum Gasteiger partial charge on any atom is -0.390 e. The highest BCUT2D eigenvalue weighted by molar-refractivity contribution is 5.94. The molecule has 1 aromatic rings. The molecule has 1 unspecified atom stereocenters. The smallest absolute Gasteiger partial charge is 0.253 e. The van der Waals surface area contributed by atoms with Gasteiger partial charge in [0.2, 0.25) is 0 Å². The molecule has 0 spiro atoms. The summed E-state index contributed by atoms with van der Waals surface area (Å²) in [5.41, 5.74) is 1.80. The highest BCUT2D eigenvalue weighted by Gasteiger charge is 2.20. The van der Waals surface area contributed by atoms with Gasteiger partial charge in [-0.05, 0) is 26.1 Å². The van der Waals surface area contributed by atoms with Crippen LogP contribution in [0, 0.1) is 6.92 Å². The summed E-state index contributed by atoms with van der Waals surface area (Å²) in [5.74, 6) is -0.0440. The number of rotatable bonds is 5. The average Bonchev–Trinajstić information content (AvgIpc) is 2.49. The van der Waals surface area contributed by atoms with E-state index in [0.717, 1.165) is 31.7 Å². The zero-order chi connectivity index (χ0) is 16.1. The van der Waals surface area contributed by atoms with E-state index < -0.39 is 6.10 Å². The predicted molar refractivity (Wildman–Crippen MR) is 88.1 cm³/mol. The maximum atomic E-state index is 12.3. The average molecular weight is 305 g/mol. The Morgan fingerprint density at radius 3 is 2.41 bits per heavy atom. The van der Waals surface area contributed by atoms with E-state index in [1.165, 1.54) is 0 Å². The number of amides is 1. The zero-order valence-electron chi connectivity index (χ0n) is 13.8. The Labute approximate surface area is 133 Å². The van der Waals surface area contributed by atoms with E-state index in [1.54, 1.807) is 11.9 Å². The molecule has 5 heteroatoms. The molecule has 1 saturated heterocycles. The van der Waals surface area contributed by atoms with Gasteiger partial charge in [-0.1, -0.05) is 17.7 Å². The number of β-amino-alcohol motifs (C(OH)–C–C–N with tert-alkyl or cyclic N) is 1. The first-order chi connectivity index (χ1) is 10.5. The normalized spacial score (nSPS) is 18.2. The summed E-state index contributed by atoms with van der Waals surface area (Å²) in [6.45, 7) is 7.00. The van der Waals surface area contributed by atoms with Crippen molar-refractivity contribution < 1.29 is 9.90 Å². The van der Waals surface area contributed by atoms with Crippen molar-refractivity contribution >= 4 is 5.91 Å². The molecule has 0 saturated carbocycles. The SMILES string of the molecule is Cc1ccc(C(=O)N(C)CC(O)CN2CCN(C)CC2)cc1. The van der Waals surface area contributed by atoms with Gasteiger partial charge in [0, 0.05) is 51.9 Å². The molecule has 0 bridgehead atoms. The Morgan fingerprint density at radius 2 is 1.82 bits per heavy atom. The van der Waals surface area contributed by atoms with Crippen LogP contribution in [0.15, 0.2) is 24.3 Å². The Balaban J connectivity index is 1.81. The van der Waals surface area contributed by atoms with E-state index in [4.69, 9.17) is 0 Å². The van der Waals surface area contributed by atoms with Gasteiger partial charge in [0.25, 0.3) is 5.91 Å². The number of piperazine rings is 1. The van der Waals surface area contributed by atoms with Crippen LogP contribution >= 0.6 is 0 Å². The second-order valence-corrected chi connectivity index (χ2v) is 6.31. The molecule has 0 aliphatic carbocycles. The molecular weight excluding hydrogens is 278 g/mol. The number of carbonyl (C=O) groups excluding carboxylic acids is 1. The molecule has 22 heavy (non-hydrogen) atoms. The van der Waals surface area contributed by atoms with Crippen LogP contribution in [-0.2, 0) is 0 Å². The number of nitrogens with zero attached hydrogens (tertiary/aromatic N) is 3. The first-order valence-electron chi connectivity index (χ1n) is 7.87. The topological polar surface area (TPSA) is 47.0 Å². The van der Waals surface area contributed by atoms with Crippen molar-refractivity contribution in [3.63, 3.8) is 0 Å². The van der Waals surface area contributed by atoms with Gasteiger partial charge in [-0.15, -0.1) is 0 Å². The van der Waals surface area contributed by atoms with Crippen molar-refractivity contribution in [3.05, 3.63) is 35.4 Å². The lowest BCUT2D eigenvalue weighted by atomic mass is 10.1. The lowest BCUT2D eigenvalue weighted by Gasteiger charge is -2.34. The van der Waals surface area contributed by atoms with Gasteiger partial charge in [0.05, 0.1) is 6.10 Å². The van der Waals surface area contributed by atoms with Crippen molar-refractivity contribution in [2.45, 2.75) is 13.0 Å². The molecule has 2 rings (SSSR count). The minimum atomic E-state index is -0.511. The van der Waals surface area contributed by atoms with Gasteiger partial charge in [-0.25, -0.2) is 0 Å². The highest BCUT2D eigenvalue weighted by atomic mass is 16.3. The minimum absolute atomic E-state index is 0.0440. The molecule has 0 aromatic heterocycles. The van der Waals surface area contributed by atoms with Crippen molar-refractivity contribution in [1.29, 1.82) is 0 Å². The molecule has 1 aliphatic rings. The Hall–Kier alpha value is -1.43. The van der Waals surface area contributed by atoms with Gasteiger partial charge in [0.15, 0.2) is 0 Å². The lowest BCUT2D eigenvalue weighted by Crippen LogP contribution is -2.49. The number of likely N-dealkylation sites (N-methyl/N-ethyl adjacent to an activating group) is 2. The standard InChI is InChI=1S/C17H27N3O2/c1-14-4-6-15(7-5-14)17(22)19(3)12-16(21)13-20-10-8-18(2)9-11-20/h4-7,16,21H,8-13H2,1-3H3. The summed E-state index contributed by atoms with van der Waals surface area (Å²) < 4.78 is 0. The van der Waals surface area contributed by atoms with Crippen LogP contribution in [0.3, 0.4) is 0 Å². The van der Waals surface area contributed by atoms with Crippen LogP contribution in [-0.4, -0.2) is 85.2 Å². The largest absolute Gasteiger partial charge is 0.390 e. The highest BCUT2D eigenvalue weighted by Crippen LogP contribution is 2.07. The summed E-state index contributed by atoms with van der Waals surface area (Å²) >= 11 is 0. The van der Waals surface area contributed by atoms with E-state index in [9.17, 15) is 9.90 Å². The monoisotopic (exact) mass is 305 g/mol. The predicted octanol–water partition coefficient (Wildman–Crippen LogP) is 0.675. The number of benzene rings is 1. The summed E-state index contributed by atoms with van der Waals surface area (Å²) in [5, 5.41) is 10.2. The molecule has 5 nitrogen and oxygen atoms in total. The fourth-order valence-electron chi connectivity index (χ4n) is 2.70. The van der Waals surface area contributed by atoms with Gasteiger partial charge < -0.3 is 14.9 Å². The summed E-state index contributed by atoms with van der Waals surface area (Å²) in [6, 6.07) is 7.53. The van der Waals surface area contributed by atoms with E-state index in [0.29, 0.717) is 18.7 Å².